The topological polar surface area (TPSA) is 108 Å². The number of carbonyl (C=O) groups excluding carboxylic acids is 3. The predicted octanol–water partition coefficient (Wildman–Crippen LogP) is 0.328. The lowest BCUT2D eigenvalue weighted by Gasteiger charge is -2.35. The number of ether oxygens (including phenoxy) is 1. The summed E-state index contributed by atoms with van der Waals surface area (Å²) in [5, 5.41) is 15.4. The molecule has 0 aromatic heterocycles. The van der Waals surface area contributed by atoms with Gasteiger partial charge in [-0.2, -0.15) is 0 Å². The molecular weight excluding hydrogens is 374 g/mol. The van der Waals surface area contributed by atoms with Crippen molar-refractivity contribution in [3.05, 3.63) is 0 Å². The summed E-state index contributed by atoms with van der Waals surface area (Å²) >= 11 is 0. The van der Waals surface area contributed by atoms with E-state index in [0.29, 0.717) is 19.3 Å². The molecule has 3 N–H and O–H groups in total. The van der Waals surface area contributed by atoms with Gasteiger partial charge in [-0.3, -0.25) is 14.4 Å². The lowest BCUT2D eigenvalue weighted by atomic mass is 9.65. The quantitative estimate of drug-likeness (QED) is 0.588. The van der Waals surface area contributed by atoms with E-state index >= 15 is 0 Å². The highest BCUT2D eigenvalue weighted by molar-refractivity contribution is 5.99. The second-order valence-electron chi connectivity index (χ2n) is 9.05. The van der Waals surface area contributed by atoms with Gasteiger partial charge in [0.05, 0.1) is 24.0 Å². The first kappa shape index (κ1) is 20.6. The number of fused-ring (bicyclic) bond motifs is 1. The molecule has 4 fully saturated rings. The molecule has 1 spiro atoms. The maximum absolute atomic E-state index is 13.4. The average Bonchev–Trinajstić information content (AvgIpc) is 3.32. The number of nitrogens with one attached hydrogen (secondary N) is 2. The van der Waals surface area contributed by atoms with E-state index in [4.69, 9.17) is 4.74 Å². The number of β-amino-alcohol motifs (C(OH)–C–C–N with tert-alkyl or cyclic N) is 1. The van der Waals surface area contributed by atoms with Crippen LogP contribution in [0.15, 0.2) is 0 Å². The Morgan fingerprint density at radius 3 is 2.55 bits per heavy atom. The Labute approximate surface area is 171 Å². The molecule has 3 amide bonds. The summed E-state index contributed by atoms with van der Waals surface area (Å²) in [6.07, 6.45) is 7.13. The van der Waals surface area contributed by atoms with Crippen molar-refractivity contribution in [3.8, 4) is 0 Å². The fraction of sp³-hybridized carbons (Fsp3) is 0.857. The van der Waals surface area contributed by atoms with Crippen LogP contribution in [0.1, 0.15) is 58.3 Å². The Morgan fingerprint density at radius 2 is 1.93 bits per heavy atom. The summed E-state index contributed by atoms with van der Waals surface area (Å²) in [6.45, 7) is 1.82. The second-order valence-corrected chi connectivity index (χ2v) is 9.05. The standard InChI is InChI=1S/C21H33N3O5/c1-3-20-9-10-21(29-20)15(14(20)17(26)22-2)19(28)24(11-12-25)16(21)18(27)23-13-7-5-4-6-8-13/h13-16,25H,3-12H2,1-2H3,(H,22,26)(H,23,27)/t14-,15+,16?,20+,21?/m1/s1. The molecule has 4 aliphatic rings. The fourth-order valence-corrected chi connectivity index (χ4v) is 6.45. The first-order valence-corrected chi connectivity index (χ1v) is 11.1. The summed E-state index contributed by atoms with van der Waals surface area (Å²) in [5.74, 6) is -1.93. The molecule has 2 bridgehead atoms. The number of likely N-dealkylation sites (tertiary alicyclic amines) is 1. The van der Waals surface area contributed by atoms with Gasteiger partial charge in [-0.25, -0.2) is 0 Å². The van der Waals surface area contributed by atoms with Gasteiger partial charge in [0, 0.05) is 19.6 Å². The highest BCUT2D eigenvalue weighted by Crippen LogP contribution is 2.64. The van der Waals surface area contributed by atoms with Gasteiger partial charge in [-0.05, 0) is 32.1 Å². The van der Waals surface area contributed by atoms with E-state index in [9.17, 15) is 19.5 Å². The molecule has 0 aromatic rings. The van der Waals surface area contributed by atoms with E-state index in [1.165, 1.54) is 11.3 Å². The zero-order valence-corrected chi connectivity index (χ0v) is 17.4. The van der Waals surface area contributed by atoms with Gasteiger partial charge >= 0.3 is 0 Å². The molecule has 0 radical (unpaired) electrons. The van der Waals surface area contributed by atoms with Crippen molar-refractivity contribution in [1.82, 2.24) is 15.5 Å². The molecule has 1 saturated carbocycles. The van der Waals surface area contributed by atoms with E-state index in [0.717, 1.165) is 25.7 Å². The molecule has 29 heavy (non-hydrogen) atoms. The van der Waals surface area contributed by atoms with Gasteiger partial charge in [0.2, 0.25) is 17.7 Å². The van der Waals surface area contributed by atoms with Crippen molar-refractivity contribution in [1.29, 1.82) is 0 Å². The van der Waals surface area contributed by atoms with Crippen molar-refractivity contribution in [2.24, 2.45) is 11.8 Å². The van der Waals surface area contributed by atoms with Crippen molar-refractivity contribution >= 4 is 17.7 Å². The normalized spacial score (nSPS) is 38.9. The summed E-state index contributed by atoms with van der Waals surface area (Å²) in [7, 11) is 1.57. The number of aliphatic hydroxyl groups is 1. The Hall–Kier alpha value is -1.67. The largest absolute Gasteiger partial charge is 0.395 e. The minimum absolute atomic E-state index is 0.0722. The van der Waals surface area contributed by atoms with Gasteiger partial charge in [-0.15, -0.1) is 0 Å². The van der Waals surface area contributed by atoms with Crippen LogP contribution in [0.25, 0.3) is 0 Å². The number of hydrogen-bond acceptors (Lipinski definition) is 5. The monoisotopic (exact) mass is 407 g/mol. The van der Waals surface area contributed by atoms with Crippen molar-refractivity contribution in [2.75, 3.05) is 20.2 Å². The minimum Gasteiger partial charge on any atom is -0.395 e. The number of rotatable bonds is 6. The van der Waals surface area contributed by atoms with Crippen molar-refractivity contribution in [3.63, 3.8) is 0 Å². The van der Waals surface area contributed by atoms with Gasteiger partial charge in [0.25, 0.3) is 0 Å². The Morgan fingerprint density at radius 1 is 1.21 bits per heavy atom. The lowest BCUT2D eigenvalue weighted by molar-refractivity contribution is -0.148. The van der Waals surface area contributed by atoms with Crippen LogP contribution < -0.4 is 10.6 Å². The molecule has 5 atom stereocenters. The van der Waals surface area contributed by atoms with E-state index in [2.05, 4.69) is 10.6 Å². The van der Waals surface area contributed by atoms with Gasteiger partial charge in [0.15, 0.2) is 0 Å². The minimum atomic E-state index is -0.988. The molecule has 3 heterocycles. The van der Waals surface area contributed by atoms with Gasteiger partial charge in [0.1, 0.15) is 11.6 Å². The molecule has 8 heteroatoms. The van der Waals surface area contributed by atoms with Gasteiger partial charge in [-0.1, -0.05) is 26.2 Å². The number of hydrogen-bond donors (Lipinski definition) is 3. The van der Waals surface area contributed by atoms with Gasteiger partial charge < -0.3 is 25.4 Å². The maximum atomic E-state index is 13.4. The SMILES string of the molecule is CC[C@@]12CCC3(O1)C(C(=O)NC1CCCCC1)N(CCO)C(=O)[C@@H]3[C@@H]2C(=O)NC. The van der Waals surface area contributed by atoms with Crippen LogP contribution in [-0.2, 0) is 19.1 Å². The Kier molecular flexibility index (Phi) is 5.36. The molecule has 8 nitrogen and oxygen atoms in total. The van der Waals surface area contributed by atoms with Crippen LogP contribution in [0.2, 0.25) is 0 Å². The van der Waals surface area contributed by atoms with E-state index in [-0.39, 0.29) is 36.9 Å². The second kappa shape index (κ2) is 7.54. The van der Waals surface area contributed by atoms with Crippen LogP contribution in [0, 0.1) is 11.8 Å². The molecule has 4 rings (SSSR count). The van der Waals surface area contributed by atoms with Crippen LogP contribution in [0.5, 0.6) is 0 Å². The predicted molar refractivity (Wildman–Crippen MR) is 105 cm³/mol. The molecule has 2 unspecified atom stereocenters. The highest BCUT2D eigenvalue weighted by Gasteiger charge is 2.78. The third-order valence-electron chi connectivity index (χ3n) is 7.75. The third-order valence-corrected chi connectivity index (χ3v) is 7.75. The zero-order valence-electron chi connectivity index (χ0n) is 17.4. The number of aliphatic hydroxyl groups excluding tert-OH is 1. The molecular formula is C21H33N3O5. The molecule has 162 valence electrons. The third kappa shape index (κ3) is 2.90. The average molecular weight is 408 g/mol. The molecule has 0 aromatic carbocycles. The highest BCUT2D eigenvalue weighted by atomic mass is 16.5. The van der Waals surface area contributed by atoms with E-state index in [1.54, 1.807) is 7.05 Å². The van der Waals surface area contributed by atoms with Crippen LogP contribution in [0.3, 0.4) is 0 Å². The number of carbonyl (C=O) groups is 3. The molecule has 3 aliphatic heterocycles. The number of amides is 3. The summed E-state index contributed by atoms with van der Waals surface area (Å²) < 4.78 is 6.56. The first-order chi connectivity index (χ1) is 13.9. The first-order valence-electron chi connectivity index (χ1n) is 11.1. The smallest absolute Gasteiger partial charge is 0.246 e. The summed E-state index contributed by atoms with van der Waals surface area (Å²) in [6, 6.07) is -0.677. The van der Waals surface area contributed by atoms with E-state index < -0.39 is 29.1 Å². The van der Waals surface area contributed by atoms with E-state index in [1.807, 2.05) is 6.92 Å². The summed E-state index contributed by atoms with van der Waals surface area (Å²) in [5.41, 5.74) is -1.69. The zero-order chi connectivity index (χ0) is 20.8. The Bertz CT molecular complexity index is 694. The lowest BCUT2D eigenvalue weighted by Crippen LogP contribution is -2.57. The van der Waals surface area contributed by atoms with Crippen LogP contribution >= 0.6 is 0 Å². The van der Waals surface area contributed by atoms with Crippen molar-refractivity contribution in [2.45, 2.75) is 81.6 Å². The summed E-state index contributed by atoms with van der Waals surface area (Å²) in [4.78, 5) is 41.1. The maximum Gasteiger partial charge on any atom is 0.246 e. The molecule has 1 aliphatic carbocycles. The van der Waals surface area contributed by atoms with Crippen LogP contribution in [-0.4, -0.2) is 71.2 Å². The fourth-order valence-electron chi connectivity index (χ4n) is 6.45. The van der Waals surface area contributed by atoms with Crippen molar-refractivity contribution < 1.29 is 24.2 Å². The van der Waals surface area contributed by atoms with Crippen LogP contribution in [0.4, 0.5) is 0 Å². The molecule has 3 saturated heterocycles. The number of nitrogens with zero attached hydrogens (tertiary/aromatic N) is 1. The Balaban J connectivity index is 1.69.